The zero-order valence-electron chi connectivity index (χ0n) is 17.2. The van der Waals surface area contributed by atoms with E-state index in [1.807, 2.05) is 0 Å². The van der Waals surface area contributed by atoms with Crippen LogP contribution < -0.4 is 15.4 Å². The number of carbonyl (C=O) groups excluding carboxylic acids is 2. The minimum atomic E-state index is -0.377. The third-order valence-electron chi connectivity index (χ3n) is 5.60. The van der Waals surface area contributed by atoms with E-state index in [9.17, 15) is 9.59 Å². The van der Waals surface area contributed by atoms with Crippen molar-refractivity contribution < 1.29 is 19.1 Å². The first-order valence-corrected chi connectivity index (χ1v) is 11.9. The summed E-state index contributed by atoms with van der Waals surface area (Å²) < 4.78 is 10.8. The highest BCUT2D eigenvalue weighted by atomic mass is 35.5. The van der Waals surface area contributed by atoms with Gasteiger partial charge in [-0.1, -0.05) is 23.2 Å². The summed E-state index contributed by atoms with van der Waals surface area (Å²) >= 11 is 13.8. The number of halogens is 2. The van der Waals surface area contributed by atoms with Gasteiger partial charge in [-0.15, -0.1) is 11.3 Å². The maximum Gasteiger partial charge on any atom is 0.256 e. The van der Waals surface area contributed by atoms with Crippen LogP contribution in [0.3, 0.4) is 0 Å². The zero-order chi connectivity index (χ0) is 22.0. The molecular weight excluding hydrogens is 459 g/mol. The summed E-state index contributed by atoms with van der Waals surface area (Å²) in [6.45, 7) is 1.21. The van der Waals surface area contributed by atoms with Crippen molar-refractivity contribution in [3.05, 3.63) is 43.7 Å². The van der Waals surface area contributed by atoms with E-state index in [2.05, 4.69) is 10.6 Å². The van der Waals surface area contributed by atoms with Gasteiger partial charge >= 0.3 is 0 Å². The summed E-state index contributed by atoms with van der Waals surface area (Å²) in [5, 5.41) is 6.97. The molecule has 0 saturated carbocycles. The van der Waals surface area contributed by atoms with Gasteiger partial charge in [-0.25, -0.2) is 0 Å². The van der Waals surface area contributed by atoms with E-state index in [4.69, 9.17) is 32.7 Å². The van der Waals surface area contributed by atoms with E-state index in [-0.39, 0.29) is 28.0 Å². The average molecular weight is 483 g/mol. The lowest BCUT2D eigenvalue weighted by atomic mass is 9.95. The summed E-state index contributed by atoms with van der Waals surface area (Å²) in [4.78, 5) is 27.2. The smallest absolute Gasteiger partial charge is 0.256 e. The summed E-state index contributed by atoms with van der Waals surface area (Å²) in [5.74, 6) is -0.227. The number of nitrogens with one attached hydrogen (secondary N) is 2. The molecule has 2 heterocycles. The van der Waals surface area contributed by atoms with Crippen molar-refractivity contribution >= 4 is 51.4 Å². The number of anilines is 1. The second kappa shape index (κ2) is 9.77. The molecule has 1 atom stereocenters. The van der Waals surface area contributed by atoms with E-state index in [0.29, 0.717) is 28.4 Å². The molecule has 1 aromatic heterocycles. The molecule has 6 nitrogen and oxygen atoms in total. The van der Waals surface area contributed by atoms with Gasteiger partial charge < -0.3 is 20.1 Å². The van der Waals surface area contributed by atoms with E-state index >= 15 is 0 Å². The maximum absolute atomic E-state index is 13.1. The van der Waals surface area contributed by atoms with Crippen LogP contribution in [-0.4, -0.2) is 38.2 Å². The second-order valence-corrected chi connectivity index (χ2v) is 9.61. The standard InChI is InChI=1S/C22H24Cl2N2O4S/c1-29-19-15(23)9-12(10-16(19)24)20(27)26-22-18(14-6-2-3-7-17(14)31-22)21(28)25-11-13-5-4-8-30-13/h9-10,13H,2-8,11H2,1H3,(H,25,28)(H,26,27). The number of fused-ring (bicyclic) bond motifs is 1. The van der Waals surface area contributed by atoms with Crippen LogP contribution in [0.5, 0.6) is 5.75 Å². The Kier molecular flexibility index (Phi) is 7.06. The molecule has 0 spiro atoms. The Bertz CT molecular complexity index is 979. The fourth-order valence-electron chi connectivity index (χ4n) is 4.06. The number of hydrogen-bond acceptors (Lipinski definition) is 5. The first kappa shape index (κ1) is 22.4. The first-order valence-electron chi connectivity index (χ1n) is 10.4. The molecule has 1 unspecified atom stereocenters. The number of amides is 2. The van der Waals surface area contributed by atoms with Crippen molar-refractivity contribution in [2.45, 2.75) is 44.6 Å². The fraction of sp³-hybridized carbons (Fsp3) is 0.455. The summed E-state index contributed by atoms with van der Waals surface area (Å²) in [6.07, 6.45) is 5.90. The Hall–Kier alpha value is -1.80. The van der Waals surface area contributed by atoms with E-state index in [1.165, 1.54) is 30.6 Å². The summed E-state index contributed by atoms with van der Waals surface area (Å²) in [5.41, 5.74) is 1.91. The number of ether oxygens (including phenoxy) is 2. The number of benzene rings is 1. The molecule has 2 aromatic rings. The molecular formula is C22H24Cl2N2O4S. The molecule has 1 fully saturated rings. The number of thiophene rings is 1. The van der Waals surface area contributed by atoms with Gasteiger partial charge in [-0.3, -0.25) is 9.59 Å². The molecule has 2 N–H and O–H groups in total. The Morgan fingerprint density at radius 3 is 2.58 bits per heavy atom. The van der Waals surface area contributed by atoms with E-state index in [1.54, 1.807) is 0 Å². The largest absolute Gasteiger partial charge is 0.494 e. The lowest BCUT2D eigenvalue weighted by Crippen LogP contribution is -2.32. The molecule has 2 amide bonds. The predicted molar refractivity (Wildman–Crippen MR) is 123 cm³/mol. The van der Waals surface area contributed by atoms with Crippen molar-refractivity contribution in [2.24, 2.45) is 0 Å². The highest BCUT2D eigenvalue weighted by molar-refractivity contribution is 7.17. The van der Waals surface area contributed by atoms with Crippen molar-refractivity contribution in [3.63, 3.8) is 0 Å². The summed E-state index contributed by atoms with van der Waals surface area (Å²) in [7, 11) is 1.46. The Morgan fingerprint density at radius 1 is 1.16 bits per heavy atom. The molecule has 1 saturated heterocycles. The number of aryl methyl sites for hydroxylation is 1. The molecule has 4 rings (SSSR count). The average Bonchev–Trinajstić information content (AvgIpc) is 3.39. The van der Waals surface area contributed by atoms with Gasteiger partial charge in [-0.2, -0.15) is 0 Å². The van der Waals surface area contributed by atoms with E-state index < -0.39 is 0 Å². The number of rotatable bonds is 6. The molecule has 1 aromatic carbocycles. The van der Waals surface area contributed by atoms with Crippen LogP contribution >= 0.6 is 34.5 Å². The Morgan fingerprint density at radius 2 is 1.90 bits per heavy atom. The molecule has 1 aliphatic heterocycles. The van der Waals surface area contributed by atoms with Crippen LogP contribution in [0.2, 0.25) is 10.0 Å². The van der Waals surface area contributed by atoms with Crippen LogP contribution in [0.4, 0.5) is 5.00 Å². The molecule has 31 heavy (non-hydrogen) atoms. The van der Waals surface area contributed by atoms with Gasteiger partial charge in [0.05, 0.1) is 28.8 Å². The molecule has 166 valence electrons. The van der Waals surface area contributed by atoms with Crippen molar-refractivity contribution in [3.8, 4) is 5.75 Å². The third-order valence-corrected chi connectivity index (χ3v) is 7.37. The fourth-order valence-corrected chi connectivity index (χ4v) is 5.98. The predicted octanol–water partition coefficient (Wildman–Crippen LogP) is 5.10. The highest BCUT2D eigenvalue weighted by Gasteiger charge is 2.27. The summed E-state index contributed by atoms with van der Waals surface area (Å²) in [6, 6.07) is 3.01. The van der Waals surface area contributed by atoms with Gasteiger partial charge in [0.2, 0.25) is 0 Å². The van der Waals surface area contributed by atoms with E-state index in [0.717, 1.165) is 55.6 Å². The second-order valence-electron chi connectivity index (χ2n) is 7.69. The molecule has 9 heteroatoms. The van der Waals surface area contributed by atoms with Crippen LogP contribution in [0, 0.1) is 0 Å². The number of hydrogen-bond donors (Lipinski definition) is 2. The zero-order valence-corrected chi connectivity index (χ0v) is 19.5. The molecule has 0 radical (unpaired) electrons. The topological polar surface area (TPSA) is 76.7 Å². The van der Waals surface area contributed by atoms with Crippen LogP contribution in [-0.2, 0) is 17.6 Å². The number of carbonyl (C=O) groups is 2. The minimum absolute atomic E-state index is 0.0556. The normalized spacial score (nSPS) is 17.8. The molecule has 0 bridgehead atoms. The van der Waals surface area contributed by atoms with Gasteiger partial charge in [-0.05, 0) is 56.2 Å². The Balaban J connectivity index is 1.58. The third kappa shape index (κ3) is 4.85. The molecule has 1 aliphatic carbocycles. The first-order chi connectivity index (χ1) is 15.0. The quantitative estimate of drug-likeness (QED) is 0.599. The van der Waals surface area contributed by atoms with Gasteiger partial charge in [0, 0.05) is 23.6 Å². The maximum atomic E-state index is 13.1. The monoisotopic (exact) mass is 482 g/mol. The van der Waals surface area contributed by atoms with Crippen LogP contribution in [0.15, 0.2) is 12.1 Å². The van der Waals surface area contributed by atoms with Crippen molar-refractivity contribution in [1.29, 1.82) is 0 Å². The highest BCUT2D eigenvalue weighted by Crippen LogP contribution is 2.39. The van der Waals surface area contributed by atoms with Crippen LogP contribution in [0.1, 0.15) is 56.8 Å². The van der Waals surface area contributed by atoms with Crippen LogP contribution in [0.25, 0.3) is 0 Å². The lowest BCUT2D eigenvalue weighted by Gasteiger charge is -2.15. The SMILES string of the molecule is COc1c(Cl)cc(C(=O)Nc2sc3c(c2C(=O)NCC2CCCO2)CCCC3)cc1Cl. The minimum Gasteiger partial charge on any atom is -0.494 e. The molecule has 2 aliphatic rings. The Labute approximate surface area is 195 Å². The number of methoxy groups -OCH3 is 1. The van der Waals surface area contributed by atoms with Gasteiger partial charge in [0.25, 0.3) is 11.8 Å². The van der Waals surface area contributed by atoms with Crippen molar-refractivity contribution in [1.82, 2.24) is 5.32 Å². The lowest BCUT2D eigenvalue weighted by molar-refractivity contribution is 0.0858. The van der Waals surface area contributed by atoms with Crippen molar-refractivity contribution in [2.75, 3.05) is 25.6 Å². The van der Waals surface area contributed by atoms with Gasteiger partial charge in [0.15, 0.2) is 5.75 Å². The van der Waals surface area contributed by atoms with Gasteiger partial charge in [0.1, 0.15) is 5.00 Å².